The van der Waals surface area contributed by atoms with Gasteiger partial charge in [0.15, 0.2) is 12.1 Å². The van der Waals surface area contributed by atoms with Crippen molar-refractivity contribution in [2.45, 2.75) is 40.4 Å². The van der Waals surface area contributed by atoms with Crippen LogP contribution in [-0.4, -0.2) is 58.5 Å². The van der Waals surface area contributed by atoms with Crippen molar-refractivity contribution in [1.82, 2.24) is 0 Å². The van der Waals surface area contributed by atoms with E-state index in [2.05, 4.69) is 5.32 Å². The zero-order valence-corrected chi connectivity index (χ0v) is 17.8. The number of benzene rings is 1. The molecule has 29 heavy (non-hydrogen) atoms. The Hall–Kier alpha value is -1.90. The molecule has 0 bridgehead atoms. The summed E-state index contributed by atoms with van der Waals surface area (Å²) in [7, 11) is 0. The van der Waals surface area contributed by atoms with Crippen LogP contribution in [0.2, 0.25) is 0 Å². The van der Waals surface area contributed by atoms with E-state index >= 15 is 4.39 Å². The lowest BCUT2D eigenvalue weighted by molar-refractivity contribution is -0.134. The Kier molecular flexibility index (Phi) is 9.63. The van der Waals surface area contributed by atoms with E-state index < -0.39 is 18.2 Å². The quantitative estimate of drug-likeness (QED) is 0.590. The lowest BCUT2D eigenvalue weighted by Gasteiger charge is -2.30. The zero-order chi connectivity index (χ0) is 21.2. The average molecular weight is 413 g/mol. The molecule has 0 saturated carbocycles. The Labute approximate surface area is 172 Å². The maximum absolute atomic E-state index is 15.5. The first-order chi connectivity index (χ1) is 14.0. The van der Waals surface area contributed by atoms with Crippen molar-refractivity contribution in [3.63, 3.8) is 0 Å². The van der Waals surface area contributed by atoms with Gasteiger partial charge in [0.2, 0.25) is 0 Å². The van der Waals surface area contributed by atoms with Crippen molar-refractivity contribution in [2.75, 3.05) is 56.3 Å². The van der Waals surface area contributed by atoms with Gasteiger partial charge < -0.3 is 23.8 Å². The molecule has 0 spiro atoms. The third-order valence-corrected chi connectivity index (χ3v) is 4.43. The fourth-order valence-corrected chi connectivity index (χ4v) is 3.07. The van der Waals surface area contributed by atoms with Crippen molar-refractivity contribution in [3.8, 4) is 0 Å². The van der Waals surface area contributed by atoms with Crippen LogP contribution in [0.1, 0.15) is 33.3 Å². The second kappa shape index (κ2) is 11.9. The van der Waals surface area contributed by atoms with Crippen LogP contribution in [0.25, 0.3) is 0 Å². The fourth-order valence-electron chi connectivity index (χ4n) is 3.07. The van der Waals surface area contributed by atoms with Crippen molar-refractivity contribution >= 4 is 17.5 Å². The number of nitrogens with one attached hydrogen (secondary N) is 1. The number of amides is 1. The Bertz CT molecular complexity index is 644. The summed E-state index contributed by atoms with van der Waals surface area (Å²) in [6, 6.07) is 3.38. The van der Waals surface area contributed by atoms with E-state index in [-0.39, 0.29) is 18.9 Å². The highest BCUT2D eigenvalue weighted by Crippen LogP contribution is 2.31. The first kappa shape index (κ1) is 23.4. The molecule has 2 rings (SSSR count). The highest BCUT2D eigenvalue weighted by Gasteiger charge is 2.23. The summed E-state index contributed by atoms with van der Waals surface area (Å²) in [6.07, 6.45) is -1.04. The van der Waals surface area contributed by atoms with E-state index in [1.54, 1.807) is 12.1 Å². The number of rotatable bonds is 10. The molecule has 0 atom stereocenters. The molecule has 1 heterocycles. The fraction of sp³-hybridized carbons (Fsp3) is 0.667. The predicted octanol–water partition coefficient (Wildman–Crippen LogP) is 3.81. The van der Waals surface area contributed by atoms with Gasteiger partial charge in [-0.15, -0.1) is 0 Å². The van der Waals surface area contributed by atoms with Crippen LogP contribution in [-0.2, 0) is 25.4 Å². The molecule has 1 aliphatic heterocycles. The summed E-state index contributed by atoms with van der Waals surface area (Å²) in [4.78, 5) is 14.1. The Morgan fingerprint density at radius 3 is 2.45 bits per heavy atom. The van der Waals surface area contributed by atoms with Crippen LogP contribution in [0.3, 0.4) is 0 Å². The summed E-state index contributed by atoms with van der Waals surface area (Å²) in [6.45, 7) is 11.1. The van der Waals surface area contributed by atoms with E-state index in [4.69, 9.17) is 18.9 Å². The molecule has 1 aromatic carbocycles. The molecule has 1 fully saturated rings. The third-order valence-electron chi connectivity index (χ3n) is 4.43. The topological polar surface area (TPSA) is 69.3 Å². The van der Waals surface area contributed by atoms with Crippen molar-refractivity contribution in [1.29, 1.82) is 0 Å². The number of ether oxygens (including phenoxy) is 4. The van der Waals surface area contributed by atoms with Crippen LogP contribution in [0.15, 0.2) is 12.1 Å². The molecule has 1 amide bonds. The van der Waals surface area contributed by atoms with Gasteiger partial charge in [0.05, 0.1) is 31.2 Å². The number of halogens is 1. The molecule has 0 aliphatic carbocycles. The van der Waals surface area contributed by atoms with E-state index in [1.165, 1.54) is 0 Å². The van der Waals surface area contributed by atoms with Gasteiger partial charge in [-0.1, -0.05) is 13.8 Å². The largest absolute Gasteiger partial charge is 0.449 e. The van der Waals surface area contributed by atoms with Crippen LogP contribution in [0.5, 0.6) is 0 Å². The summed E-state index contributed by atoms with van der Waals surface area (Å²) >= 11 is 0. The van der Waals surface area contributed by atoms with Crippen LogP contribution in [0, 0.1) is 11.7 Å². The minimum Gasteiger partial charge on any atom is -0.449 e. The molecular formula is C21H33FN2O5. The maximum atomic E-state index is 15.5. The van der Waals surface area contributed by atoms with Gasteiger partial charge >= 0.3 is 6.09 Å². The average Bonchev–Trinajstić information content (AvgIpc) is 2.70. The van der Waals surface area contributed by atoms with Crippen LogP contribution < -0.4 is 10.2 Å². The SMILES string of the molecule is CCOC(Cc1c(NC(=O)OCC(C)C)ccc(N2CCOCC2)c1F)OCC. The smallest absolute Gasteiger partial charge is 0.411 e. The summed E-state index contributed by atoms with van der Waals surface area (Å²) < 4.78 is 37.3. The van der Waals surface area contributed by atoms with Crippen LogP contribution in [0.4, 0.5) is 20.6 Å². The van der Waals surface area contributed by atoms with Gasteiger partial charge in [-0.25, -0.2) is 9.18 Å². The maximum Gasteiger partial charge on any atom is 0.411 e. The second-order valence-electron chi connectivity index (χ2n) is 7.19. The number of hydrogen-bond acceptors (Lipinski definition) is 6. The summed E-state index contributed by atoms with van der Waals surface area (Å²) in [5, 5.41) is 2.67. The van der Waals surface area contributed by atoms with Gasteiger partial charge in [-0.3, -0.25) is 5.32 Å². The third kappa shape index (κ3) is 7.13. The zero-order valence-electron chi connectivity index (χ0n) is 17.8. The van der Waals surface area contributed by atoms with E-state index in [1.807, 2.05) is 32.6 Å². The molecule has 1 aromatic rings. The van der Waals surface area contributed by atoms with Crippen molar-refractivity contribution < 1.29 is 28.1 Å². The number of carbonyl (C=O) groups is 1. The van der Waals surface area contributed by atoms with Gasteiger partial charge in [-0.2, -0.15) is 0 Å². The van der Waals surface area contributed by atoms with Crippen LogP contribution >= 0.6 is 0 Å². The molecule has 1 aliphatic rings. The summed E-state index contributed by atoms with van der Waals surface area (Å²) in [5.74, 6) is -0.182. The first-order valence-corrected chi connectivity index (χ1v) is 10.3. The first-order valence-electron chi connectivity index (χ1n) is 10.3. The standard InChI is InChI=1S/C21H33FN2O5/c1-5-27-19(28-6-2)13-16-17(23-21(25)29-14-15(3)4)7-8-18(20(16)22)24-9-11-26-12-10-24/h7-8,15,19H,5-6,9-14H2,1-4H3,(H,23,25). The molecule has 1 saturated heterocycles. The number of nitrogens with zero attached hydrogens (tertiary/aromatic N) is 1. The number of carbonyl (C=O) groups excluding carboxylic acids is 1. The monoisotopic (exact) mass is 412 g/mol. The second-order valence-corrected chi connectivity index (χ2v) is 7.19. The van der Waals surface area contributed by atoms with Crippen molar-refractivity contribution in [3.05, 3.63) is 23.5 Å². The lowest BCUT2D eigenvalue weighted by Crippen LogP contribution is -2.37. The van der Waals surface area contributed by atoms with Gasteiger partial charge in [0.1, 0.15) is 0 Å². The van der Waals surface area contributed by atoms with E-state index in [0.717, 1.165) is 0 Å². The molecule has 8 heteroatoms. The lowest BCUT2D eigenvalue weighted by atomic mass is 10.1. The Balaban J connectivity index is 2.29. The van der Waals surface area contributed by atoms with Gasteiger partial charge in [0.25, 0.3) is 0 Å². The predicted molar refractivity (Wildman–Crippen MR) is 110 cm³/mol. The molecule has 1 N–H and O–H groups in total. The number of morpholine rings is 1. The molecule has 0 aromatic heterocycles. The minimum atomic E-state index is -0.608. The molecule has 7 nitrogen and oxygen atoms in total. The number of hydrogen-bond donors (Lipinski definition) is 1. The van der Waals surface area contributed by atoms with E-state index in [0.29, 0.717) is 56.5 Å². The normalized spacial score (nSPS) is 14.5. The molecule has 164 valence electrons. The van der Waals surface area contributed by atoms with Gasteiger partial charge in [-0.05, 0) is 31.9 Å². The Morgan fingerprint density at radius 1 is 1.21 bits per heavy atom. The summed E-state index contributed by atoms with van der Waals surface area (Å²) in [5.41, 5.74) is 1.18. The number of anilines is 2. The highest BCUT2D eigenvalue weighted by molar-refractivity contribution is 5.86. The minimum absolute atomic E-state index is 0.172. The van der Waals surface area contributed by atoms with E-state index in [9.17, 15) is 4.79 Å². The molecular weight excluding hydrogens is 379 g/mol. The molecule has 0 unspecified atom stereocenters. The van der Waals surface area contributed by atoms with Crippen molar-refractivity contribution in [2.24, 2.45) is 5.92 Å². The molecule has 0 radical (unpaired) electrons. The van der Waals surface area contributed by atoms with Gasteiger partial charge in [0, 0.05) is 38.3 Å². The highest BCUT2D eigenvalue weighted by atomic mass is 19.1. The Morgan fingerprint density at radius 2 is 1.86 bits per heavy atom.